The molecule has 0 fully saturated rings. The Balaban J connectivity index is 3.00. The Kier molecular flexibility index (Phi) is 2.44. The Morgan fingerprint density at radius 1 is 1.08 bits per heavy atom. The van der Waals surface area contributed by atoms with Crippen LogP contribution in [0.15, 0.2) is 30.8 Å². The maximum absolute atomic E-state index is 8.88. The van der Waals surface area contributed by atoms with Crippen LogP contribution in [0.2, 0.25) is 0 Å². The summed E-state index contributed by atoms with van der Waals surface area (Å²) in [6, 6.07) is 6.27. The second kappa shape index (κ2) is 3.20. The van der Waals surface area contributed by atoms with Crippen LogP contribution in [0.5, 0.6) is 0 Å². The summed E-state index contributed by atoms with van der Waals surface area (Å²) in [5.74, 6) is 0. The van der Waals surface area contributed by atoms with Crippen LogP contribution in [-0.4, -0.2) is 23.2 Å². The molecule has 0 heterocycles. The van der Waals surface area contributed by atoms with E-state index in [1.165, 1.54) is 12.1 Å². The molecule has 0 atom stereocenters. The Labute approximate surface area is 71.6 Å². The Bertz CT molecular complexity index is 273. The van der Waals surface area contributed by atoms with Crippen LogP contribution in [0.3, 0.4) is 0 Å². The van der Waals surface area contributed by atoms with Gasteiger partial charge in [0.2, 0.25) is 0 Å². The van der Waals surface area contributed by atoms with Crippen LogP contribution in [0.1, 0.15) is 5.56 Å². The minimum atomic E-state index is -4.10. The van der Waals surface area contributed by atoms with Gasteiger partial charge in [-0.1, -0.05) is 36.9 Å². The predicted molar refractivity (Wildman–Crippen MR) is 48.6 cm³/mol. The summed E-state index contributed by atoms with van der Waals surface area (Å²) in [4.78, 5) is 26.6. The molecule has 1 rings (SSSR count). The van der Waals surface area contributed by atoms with E-state index in [2.05, 4.69) is 6.58 Å². The van der Waals surface area contributed by atoms with E-state index in [1.54, 1.807) is 18.2 Å². The lowest BCUT2D eigenvalue weighted by atomic mass is 10.2. The summed E-state index contributed by atoms with van der Waals surface area (Å²) in [7, 11) is -4.10. The van der Waals surface area contributed by atoms with E-state index in [1.807, 2.05) is 0 Å². The van der Waals surface area contributed by atoms with Crippen molar-refractivity contribution in [2.24, 2.45) is 0 Å². The first kappa shape index (κ1) is 9.15. The zero-order valence-corrected chi connectivity index (χ0v) is 7.44. The molecule has 4 heteroatoms. The molecule has 64 valence electrons. The molecule has 1 aromatic rings. The standard InChI is InChI=1S/C8H10O3Si/c1-2-7-3-5-8(6-4-7)12(9,10)11/h2-6,9-11H,1H2. The van der Waals surface area contributed by atoms with Crippen molar-refractivity contribution in [1.82, 2.24) is 0 Å². The van der Waals surface area contributed by atoms with Crippen LogP contribution in [-0.2, 0) is 0 Å². The van der Waals surface area contributed by atoms with Crippen molar-refractivity contribution >= 4 is 20.1 Å². The summed E-state index contributed by atoms with van der Waals surface area (Å²) in [5.41, 5.74) is 0.872. The summed E-state index contributed by atoms with van der Waals surface area (Å²) < 4.78 is 0. The minimum Gasteiger partial charge on any atom is -0.386 e. The third-order valence-corrected chi connectivity index (χ3v) is 2.64. The largest absolute Gasteiger partial charge is 0.528 e. The molecule has 3 nitrogen and oxygen atoms in total. The highest BCUT2D eigenvalue weighted by atomic mass is 28.4. The fraction of sp³-hybridized carbons (Fsp3) is 0. The second-order valence-electron chi connectivity index (χ2n) is 2.46. The normalized spacial score (nSPS) is 11.2. The van der Waals surface area contributed by atoms with Gasteiger partial charge >= 0.3 is 8.80 Å². The number of benzene rings is 1. The zero-order chi connectivity index (χ0) is 9.19. The molecule has 0 saturated heterocycles. The molecule has 0 aliphatic heterocycles. The van der Waals surface area contributed by atoms with Crippen molar-refractivity contribution in [1.29, 1.82) is 0 Å². The average molecular weight is 182 g/mol. The van der Waals surface area contributed by atoms with Gasteiger partial charge in [0, 0.05) is 5.19 Å². The van der Waals surface area contributed by atoms with E-state index in [0.717, 1.165) is 5.56 Å². The molecule has 3 N–H and O–H groups in total. The smallest absolute Gasteiger partial charge is 0.386 e. The Morgan fingerprint density at radius 3 is 1.92 bits per heavy atom. The maximum atomic E-state index is 8.88. The summed E-state index contributed by atoms with van der Waals surface area (Å²) >= 11 is 0. The Hall–Kier alpha value is -0.943. The molecule has 0 spiro atoms. The highest BCUT2D eigenvalue weighted by Gasteiger charge is 2.29. The fourth-order valence-electron chi connectivity index (χ4n) is 0.843. The van der Waals surface area contributed by atoms with Crippen molar-refractivity contribution in [3.05, 3.63) is 36.4 Å². The molecule has 0 unspecified atom stereocenters. The Morgan fingerprint density at radius 2 is 1.58 bits per heavy atom. The first-order chi connectivity index (χ1) is 5.54. The number of hydrogen-bond acceptors (Lipinski definition) is 3. The molecule has 0 radical (unpaired) electrons. The molecule has 0 aliphatic carbocycles. The van der Waals surface area contributed by atoms with E-state index in [-0.39, 0.29) is 5.19 Å². The zero-order valence-electron chi connectivity index (χ0n) is 6.44. The topological polar surface area (TPSA) is 60.7 Å². The molecule has 1 aromatic carbocycles. The fourth-order valence-corrected chi connectivity index (χ4v) is 1.46. The molecule has 0 aromatic heterocycles. The van der Waals surface area contributed by atoms with Gasteiger partial charge in [0.1, 0.15) is 0 Å². The molecule has 0 amide bonds. The second-order valence-corrected chi connectivity index (χ2v) is 4.31. The van der Waals surface area contributed by atoms with Crippen molar-refractivity contribution in [2.75, 3.05) is 0 Å². The monoisotopic (exact) mass is 182 g/mol. The molecule has 0 aliphatic rings. The molecule has 12 heavy (non-hydrogen) atoms. The first-order valence-corrected chi connectivity index (χ1v) is 5.28. The van der Waals surface area contributed by atoms with Gasteiger partial charge in [0.05, 0.1) is 0 Å². The summed E-state index contributed by atoms with van der Waals surface area (Å²) in [6.07, 6.45) is 1.64. The number of hydrogen-bond donors (Lipinski definition) is 3. The van der Waals surface area contributed by atoms with Gasteiger partial charge in [-0.05, 0) is 5.56 Å². The number of rotatable bonds is 2. The molecular formula is C8H10O3Si. The van der Waals surface area contributed by atoms with Crippen molar-refractivity contribution < 1.29 is 14.4 Å². The SMILES string of the molecule is C=Cc1ccc([Si](O)(O)O)cc1. The van der Waals surface area contributed by atoms with Crippen LogP contribution < -0.4 is 5.19 Å². The van der Waals surface area contributed by atoms with Crippen LogP contribution in [0.25, 0.3) is 6.08 Å². The third kappa shape index (κ3) is 2.02. The predicted octanol–water partition coefficient (Wildman–Crippen LogP) is -0.548. The van der Waals surface area contributed by atoms with E-state index >= 15 is 0 Å². The van der Waals surface area contributed by atoms with Gasteiger partial charge in [0.25, 0.3) is 0 Å². The highest BCUT2D eigenvalue weighted by molar-refractivity contribution is 6.71. The van der Waals surface area contributed by atoms with Crippen molar-refractivity contribution in [3.8, 4) is 0 Å². The minimum absolute atomic E-state index is 0.174. The lowest BCUT2D eigenvalue weighted by Crippen LogP contribution is -2.48. The van der Waals surface area contributed by atoms with Crippen LogP contribution >= 0.6 is 0 Å². The quantitative estimate of drug-likeness (QED) is 0.538. The summed E-state index contributed by atoms with van der Waals surface area (Å²) in [6.45, 7) is 3.55. The van der Waals surface area contributed by atoms with E-state index in [0.29, 0.717) is 0 Å². The average Bonchev–Trinajstić information content (AvgIpc) is 2.03. The lowest BCUT2D eigenvalue weighted by Gasteiger charge is -2.08. The van der Waals surface area contributed by atoms with Gasteiger partial charge in [0.15, 0.2) is 0 Å². The first-order valence-electron chi connectivity index (χ1n) is 3.44. The van der Waals surface area contributed by atoms with Crippen LogP contribution in [0.4, 0.5) is 0 Å². The van der Waals surface area contributed by atoms with Gasteiger partial charge in [-0.15, -0.1) is 0 Å². The van der Waals surface area contributed by atoms with E-state index in [4.69, 9.17) is 14.4 Å². The van der Waals surface area contributed by atoms with Crippen molar-refractivity contribution in [2.45, 2.75) is 0 Å². The van der Waals surface area contributed by atoms with Gasteiger partial charge in [-0.25, -0.2) is 0 Å². The van der Waals surface area contributed by atoms with Crippen LogP contribution in [0, 0.1) is 0 Å². The molecule has 0 bridgehead atoms. The van der Waals surface area contributed by atoms with Gasteiger partial charge in [-0.3, -0.25) is 0 Å². The van der Waals surface area contributed by atoms with E-state index < -0.39 is 8.80 Å². The lowest BCUT2D eigenvalue weighted by molar-refractivity contribution is 0.250. The maximum Gasteiger partial charge on any atom is 0.528 e. The summed E-state index contributed by atoms with van der Waals surface area (Å²) in [5, 5.41) is 0.174. The highest BCUT2D eigenvalue weighted by Crippen LogP contribution is 1.99. The molecular weight excluding hydrogens is 172 g/mol. The van der Waals surface area contributed by atoms with Gasteiger partial charge in [-0.2, -0.15) is 0 Å². The van der Waals surface area contributed by atoms with Gasteiger partial charge < -0.3 is 14.4 Å². The van der Waals surface area contributed by atoms with Crippen molar-refractivity contribution in [3.63, 3.8) is 0 Å². The third-order valence-electron chi connectivity index (χ3n) is 1.53. The molecule has 0 saturated carbocycles. The van der Waals surface area contributed by atoms with E-state index in [9.17, 15) is 0 Å².